The number of nitrogens with zero attached hydrogens (tertiary/aromatic N) is 3. The van der Waals surface area contributed by atoms with Crippen molar-refractivity contribution in [2.75, 3.05) is 18.0 Å². The molecular formula is C21H26N4O4. The number of ether oxygens (including phenoxy) is 1. The highest BCUT2D eigenvalue weighted by Crippen LogP contribution is 2.28. The second kappa shape index (κ2) is 9.36. The summed E-state index contributed by atoms with van der Waals surface area (Å²) in [5.41, 5.74) is 1.70. The quantitative estimate of drug-likeness (QED) is 0.564. The summed E-state index contributed by atoms with van der Waals surface area (Å²) in [6.45, 7) is 5.72. The normalized spacial score (nSPS) is 14.0. The number of carbonyl (C=O) groups is 1. The van der Waals surface area contributed by atoms with E-state index in [2.05, 4.69) is 15.2 Å². The summed E-state index contributed by atoms with van der Waals surface area (Å²) in [7, 11) is 0. The van der Waals surface area contributed by atoms with E-state index in [1.807, 2.05) is 19.9 Å². The maximum absolute atomic E-state index is 13.0. The van der Waals surface area contributed by atoms with E-state index >= 15 is 0 Å². The van der Waals surface area contributed by atoms with Gasteiger partial charge in [-0.25, -0.2) is 4.98 Å². The molecule has 2 aromatic rings. The highest BCUT2D eigenvalue weighted by atomic mass is 16.6. The van der Waals surface area contributed by atoms with Crippen LogP contribution in [0.2, 0.25) is 0 Å². The second-order valence-corrected chi connectivity index (χ2v) is 7.32. The number of hydrogen-bond donors (Lipinski definition) is 1. The standard InChI is InChI=1S/C21H26N4O4/c1-15(2)29-21-16(7-6-10-22-21)14-23-20(26)18-13-17(25(27)28)8-9-19(18)24-11-4-3-5-12-24/h6-10,13,15H,3-5,11-12,14H2,1-2H3,(H,23,26). The van der Waals surface area contributed by atoms with Crippen molar-refractivity contribution in [3.05, 3.63) is 57.8 Å². The first-order valence-electron chi connectivity index (χ1n) is 9.88. The van der Waals surface area contributed by atoms with Gasteiger partial charge in [0.05, 0.1) is 22.3 Å². The molecule has 1 saturated heterocycles. The molecule has 1 aliphatic rings. The van der Waals surface area contributed by atoms with Crippen LogP contribution < -0.4 is 15.0 Å². The van der Waals surface area contributed by atoms with Gasteiger partial charge in [0.15, 0.2) is 0 Å². The number of nitro groups is 1. The Labute approximate surface area is 170 Å². The number of aromatic nitrogens is 1. The molecule has 0 aliphatic carbocycles. The zero-order chi connectivity index (χ0) is 20.8. The minimum absolute atomic E-state index is 0.0400. The number of nitro benzene ring substituents is 1. The Hall–Kier alpha value is -3.16. The molecule has 29 heavy (non-hydrogen) atoms. The maximum Gasteiger partial charge on any atom is 0.270 e. The SMILES string of the molecule is CC(C)Oc1ncccc1CNC(=O)c1cc([N+](=O)[O-])ccc1N1CCCCC1. The van der Waals surface area contributed by atoms with Gasteiger partial charge in [-0.1, -0.05) is 6.07 Å². The monoisotopic (exact) mass is 398 g/mol. The Morgan fingerprint density at radius 1 is 1.28 bits per heavy atom. The number of benzene rings is 1. The smallest absolute Gasteiger partial charge is 0.270 e. The predicted molar refractivity (Wildman–Crippen MR) is 110 cm³/mol. The average molecular weight is 398 g/mol. The number of rotatable bonds is 7. The number of pyridine rings is 1. The van der Waals surface area contributed by atoms with Crippen molar-refractivity contribution in [2.24, 2.45) is 0 Å². The molecule has 0 unspecified atom stereocenters. The van der Waals surface area contributed by atoms with Gasteiger partial charge in [0.2, 0.25) is 5.88 Å². The maximum atomic E-state index is 13.0. The first-order chi connectivity index (χ1) is 14.0. The van der Waals surface area contributed by atoms with E-state index in [-0.39, 0.29) is 24.2 Å². The molecule has 154 valence electrons. The van der Waals surface area contributed by atoms with Gasteiger partial charge >= 0.3 is 0 Å². The molecule has 1 aromatic carbocycles. The van der Waals surface area contributed by atoms with Crippen molar-refractivity contribution < 1.29 is 14.5 Å². The molecule has 0 spiro atoms. The summed E-state index contributed by atoms with van der Waals surface area (Å²) in [5, 5.41) is 14.1. The van der Waals surface area contributed by atoms with E-state index in [1.165, 1.54) is 12.1 Å². The molecule has 0 bridgehead atoms. The minimum atomic E-state index is -0.480. The zero-order valence-electron chi connectivity index (χ0n) is 16.8. The third-order valence-electron chi connectivity index (χ3n) is 4.77. The number of nitrogens with one attached hydrogen (secondary N) is 1. The molecule has 2 heterocycles. The zero-order valence-corrected chi connectivity index (χ0v) is 16.8. The lowest BCUT2D eigenvalue weighted by atomic mass is 10.1. The van der Waals surface area contributed by atoms with Crippen LogP contribution in [-0.4, -0.2) is 35.0 Å². The van der Waals surface area contributed by atoms with Crippen molar-refractivity contribution in [3.63, 3.8) is 0 Å². The Morgan fingerprint density at radius 2 is 2.03 bits per heavy atom. The summed E-state index contributed by atoms with van der Waals surface area (Å²) in [4.78, 5) is 30.1. The van der Waals surface area contributed by atoms with Crippen molar-refractivity contribution in [3.8, 4) is 5.88 Å². The van der Waals surface area contributed by atoms with Crippen molar-refractivity contribution >= 4 is 17.3 Å². The molecule has 0 atom stereocenters. The topological polar surface area (TPSA) is 97.6 Å². The molecule has 0 radical (unpaired) electrons. The highest BCUT2D eigenvalue weighted by Gasteiger charge is 2.22. The number of amides is 1. The van der Waals surface area contributed by atoms with Crippen molar-refractivity contribution in [1.29, 1.82) is 0 Å². The number of carbonyl (C=O) groups excluding carboxylic acids is 1. The van der Waals surface area contributed by atoms with Crippen LogP contribution in [0.25, 0.3) is 0 Å². The average Bonchev–Trinajstić information content (AvgIpc) is 2.72. The number of piperidine rings is 1. The molecule has 0 saturated carbocycles. The third kappa shape index (κ3) is 5.22. The number of hydrogen-bond acceptors (Lipinski definition) is 6. The van der Waals surface area contributed by atoms with E-state index in [1.54, 1.807) is 18.3 Å². The van der Waals surface area contributed by atoms with Gasteiger partial charge in [0.1, 0.15) is 0 Å². The Morgan fingerprint density at radius 3 is 2.72 bits per heavy atom. The summed E-state index contributed by atoms with van der Waals surface area (Å²) >= 11 is 0. The van der Waals surface area contributed by atoms with Crippen LogP contribution in [-0.2, 0) is 6.54 Å². The molecule has 1 aromatic heterocycles. The predicted octanol–water partition coefficient (Wildman–Crippen LogP) is 3.70. The summed E-state index contributed by atoms with van der Waals surface area (Å²) < 4.78 is 5.69. The van der Waals surface area contributed by atoms with Crippen molar-refractivity contribution in [1.82, 2.24) is 10.3 Å². The lowest BCUT2D eigenvalue weighted by Crippen LogP contribution is -2.32. The third-order valence-corrected chi connectivity index (χ3v) is 4.77. The van der Waals surface area contributed by atoms with Crippen molar-refractivity contribution in [2.45, 2.75) is 45.8 Å². The van der Waals surface area contributed by atoms with Crippen LogP contribution in [0.3, 0.4) is 0 Å². The van der Waals surface area contributed by atoms with Gasteiger partial charge in [-0.2, -0.15) is 0 Å². The van der Waals surface area contributed by atoms with Crippen LogP contribution in [0.15, 0.2) is 36.5 Å². The molecule has 1 amide bonds. The minimum Gasteiger partial charge on any atom is -0.475 e. The van der Waals surface area contributed by atoms with E-state index in [0.29, 0.717) is 11.4 Å². The lowest BCUT2D eigenvalue weighted by molar-refractivity contribution is -0.384. The first-order valence-corrected chi connectivity index (χ1v) is 9.88. The molecule has 3 rings (SSSR count). The van der Waals surface area contributed by atoms with Gasteiger partial charge in [0.25, 0.3) is 11.6 Å². The van der Waals surface area contributed by atoms with Crippen LogP contribution >= 0.6 is 0 Å². The Kier molecular flexibility index (Phi) is 6.64. The fraction of sp³-hybridized carbons (Fsp3) is 0.429. The van der Waals surface area contributed by atoms with Gasteiger partial charge in [-0.15, -0.1) is 0 Å². The van der Waals surface area contributed by atoms with Gasteiger partial charge in [-0.3, -0.25) is 14.9 Å². The summed E-state index contributed by atoms with van der Waals surface area (Å²) in [6, 6.07) is 8.10. The highest BCUT2D eigenvalue weighted by molar-refractivity contribution is 6.00. The van der Waals surface area contributed by atoms with Crippen LogP contribution in [0, 0.1) is 10.1 Å². The second-order valence-electron chi connectivity index (χ2n) is 7.32. The van der Waals surface area contributed by atoms with E-state index in [0.717, 1.165) is 43.6 Å². The van der Waals surface area contributed by atoms with Gasteiger partial charge < -0.3 is 15.0 Å². The fourth-order valence-electron chi connectivity index (χ4n) is 3.39. The first kappa shape index (κ1) is 20.6. The van der Waals surface area contributed by atoms with E-state index in [4.69, 9.17) is 4.74 Å². The molecule has 1 N–H and O–H groups in total. The number of anilines is 1. The molecule has 1 aliphatic heterocycles. The van der Waals surface area contributed by atoms with E-state index < -0.39 is 4.92 Å². The Balaban J connectivity index is 1.82. The van der Waals surface area contributed by atoms with Crippen LogP contribution in [0.4, 0.5) is 11.4 Å². The Bertz CT molecular complexity index is 879. The molecule has 8 nitrogen and oxygen atoms in total. The number of non-ortho nitro benzene ring substituents is 1. The molecular weight excluding hydrogens is 372 g/mol. The molecule has 1 fully saturated rings. The van der Waals surface area contributed by atoms with Crippen LogP contribution in [0.5, 0.6) is 5.88 Å². The van der Waals surface area contributed by atoms with Gasteiger partial charge in [0, 0.05) is 43.5 Å². The summed E-state index contributed by atoms with van der Waals surface area (Å²) in [5.74, 6) is 0.117. The van der Waals surface area contributed by atoms with E-state index in [9.17, 15) is 14.9 Å². The molecule has 8 heteroatoms. The van der Waals surface area contributed by atoms with Gasteiger partial charge in [-0.05, 0) is 45.2 Å². The summed E-state index contributed by atoms with van der Waals surface area (Å²) in [6.07, 6.45) is 4.84. The van der Waals surface area contributed by atoms with Crippen LogP contribution in [0.1, 0.15) is 49.0 Å². The largest absolute Gasteiger partial charge is 0.475 e. The lowest BCUT2D eigenvalue weighted by Gasteiger charge is -2.30. The fourth-order valence-corrected chi connectivity index (χ4v) is 3.39.